The molecule has 2 rings (SSSR count). The highest BCUT2D eigenvalue weighted by Gasteiger charge is 2.35. The van der Waals surface area contributed by atoms with Crippen LogP contribution in [0.1, 0.15) is 35.6 Å². The molecule has 1 saturated heterocycles. The van der Waals surface area contributed by atoms with Gasteiger partial charge in [-0.25, -0.2) is 0 Å². The predicted octanol–water partition coefficient (Wildman–Crippen LogP) is 3.32. The van der Waals surface area contributed by atoms with Crippen molar-refractivity contribution in [3.8, 4) is 0 Å². The van der Waals surface area contributed by atoms with Crippen molar-refractivity contribution in [1.82, 2.24) is 4.90 Å². The van der Waals surface area contributed by atoms with Crippen LogP contribution in [0.3, 0.4) is 0 Å². The second-order valence-corrected chi connectivity index (χ2v) is 5.47. The van der Waals surface area contributed by atoms with Crippen LogP contribution >= 0.6 is 0 Å². The normalized spacial score (nSPS) is 21.3. The SMILES string of the molecule is Cc1cc(C(OC=O)C2CCCN2C)cc(C(F)(F)F)c1. The van der Waals surface area contributed by atoms with Crippen molar-refractivity contribution in [2.45, 2.75) is 38.1 Å². The molecule has 0 saturated carbocycles. The van der Waals surface area contributed by atoms with Crippen molar-refractivity contribution in [3.05, 3.63) is 34.9 Å². The third kappa shape index (κ3) is 3.56. The van der Waals surface area contributed by atoms with Crippen LogP contribution in [-0.2, 0) is 15.7 Å². The number of halogens is 3. The number of rotatable bonds is 4. The standard InChI is InChI=1S/C15H18F3NO2/c1-10-6-11(8-12(7-10)15(16,17)18)14(21-9-20)13-4-3-5-19(13)2/h6-9,13-14H,3-5H2,1-2H3. The highest BCUT2D eigenvalue weighted by Crippen LogP contribution is 2.36. The Hall–Kier alpha value is -1.56. The highest BCUT2D eigenvalue weighted by atomic mass is 19.4. The Bertz CT molecular complexity index is 516. The van der Waals surface area contributed by atoms with Gasteiger partial charge < -0.3 is 4.74 Å². The lowest BCUT2D eigenvalue weighted by Crippen LogP contribution is -2.32. The first-order valence-electron chi connectivity index (χ1n) is 6.81. The number of nitrogens with zero attached hydrogens (tertiary/aromatic N) is 1. The fourth-order valence-electron chi connectivity index (χ4n) is 2.91. The average molecular weight is 301 g/mol. The van der Waals surface area contributed by atoms with E-state index in [0.29, 0.717) is 17.6 Å². The van der Waals surface area contributed by atoms with Crippen LogP contribution in [0.2, 0.25) is 0 Å². The van der Waals surface area contributed by atoms with Crippen LogP contribution in [0.15, 0.2) is 18.2 Å². The second-order valence-electron chi connectivity index (χ2n) is 5.47. The molecule has 0 amide bonds. The third-order valence-corrected chi connectivity index (χ3v) is 3.88. The van der Waals surface area contributed by atoms with Crippen LogP contribution in [0.5, 0.6) is 0 Å². The zero-order valence-corrected chi connectivity index (χ0v) is 12.0. The van der Waals surface area contributed by atoms with E-state index in [1.165, 1.54) is 0 Å². The molecule has 1 heterocycles. The van der Waals surface area contributed by atoms with E-state index < -0.39 is 17.8 Å². The first kappa shape index (κ1) is 15.8. The summed E-state index contributed by atoms with van der Waals surface area (Å²) in [6, 6.07) is 3.74. The van der Waals surface area contributed by atoms with Crippen LogP contribution in [0, 0.1) is 6.92 Å². The van der Waals surface area contributed by atoms with Crippen molar-refractivity contribution in [3.63, 3.8) is 0 Å². The van der Waals surface area contributed by atoms with Crippen molar-refractivity contribution in [1.29, 1.82) is 0 Å². The molecule has 6 heteroatoms. The Morgan fingerprint density at radius 3 is 2.62 bits per heavy atom. The van der Waals surface area contributed by atoms with Crippen LogP contribution in [0.4, 0.5) is 13.2 Å². The molecule has 21 heavy (non-hydrogen) atoms. The Kier molecular flexibility index (Phi) is 4.56. The predicted molar refractivity (Wildman–Crippen MR) is 71.7 cm³/mol. The first-order chi connectivity index (χ1) is 9.82. The van der Waals surface area contributed by atoms with Gasteiger partial charge in [0.15, 0.2) is 0 Å². The van der Waals surface area contributed by atoms with E-state index in [2.05, 4.69) is 0 Å². The van der Waals surface area contributed by atoms with E-state index in [1.54, 1.807) is 13.0 Å². The van der Waals surface area contributed by atoms with E-state index >= 15 is 0 Å². The fraction of sp³-hybridized carbons (Fsp3) is 0.533. The fourth-order valence-corrected chi connectivity index (χ4v) is 2.91. The molecule has 116 valence electrons. The van der Waals surface area contributed by atoms with E-state index in [1.807, 2.05) is 11.9 Å². The van der Waals surface area contributed by atoms with Crippen molar-refractivity contribution in [2.75, 3.05) is 13.6 Å². The van der Waals surface area contributed by atoms with E-state index in [9.17, 15) is 18.0 Å². The van der Waals surface area contributed by atoms with Gasteiger partial charge in [0.2, 0.25) is 0 Å². The lowest BCUT2D eigenvalue weighted by Gasteiger charge is -2.28. The molecule has 1 aromatic carbocycles. The summed E-state index contributed by atoms with van der Waals surface area (Å²) in [5, 5.41) is 0. The van der Waals surface area contributed by atoms with Crippen LogP contribution < -0.4 is 0 Å². The largest absolute Gasteiger partial charge is 0.458 e. The summed E-state index contributed by atoms with van der Waals surface area (Å²) in [5.74, 6) is 0. The number of likely N-dealkylation sites (N-methyl/N-ethyl adjacent to an activating group) is 1. The number of alkyl halides is 3. The molecule has 0 aliphatic carbocycles. The molecule has 1 fully saturated rings. The lowest BCUT2D eigenvalue weighted by molar-refractivity contribution is -0.138. The summed E-state index contributed by atoms with van der Waals surface area (Å²) in [6.07, 6.45) is -3.34. The van der Waals surface area contributed by atoms with E-state index in [4.69, 9.17) is 4.74 Å². The molecule has 0 radical (unpaired) electrons. The maximum atomic E-state index is 12.9. The van der Waals surface area contributed by atoms with Crippen LogP contribution in [0.25, 0.3) is 0 Å². The Labute approximate surface area is 121 Å². The second kappa shape index (κ2) is 6.05. The summed E-state index contributed by atoms with van der Waals surface area (Å²) in [4.78, 5) is 12.8. The molecule has 0 spiro atoms. The maximum Gasteiger partial charge on any atom is 0.416 e. The Morgan fingerprint density at radius 1 is 1.38 bits per heavy atom. The smallest absolute Gasteiger partial charge is 0.416 e. The monoisotopic (exact) mass is 301 g/mol. The summed E-state index contributed by atoms with van der Waals surface area (Å²) in [5.41, 5.74) is 0.186. The number of likely N-dealkylation sites (tertiary alicyclic amines) is 1. The zero-order valence-electron chi connectivity index (χ0n) is 12.0. The molecule has 2 unspecified atom stereocenters. The van der Waals surface area contributed by atoms with Crippen molar-refractivity contribution >= 4 is 6.47 Å². The number of hydrogen-bond donors (Lipinski definition) is 0. The molecule has 3 nitrogen and oxygen atoms in total. The molecule has 1 aliphatic heterocycles. The van der Waals surface area contributed by atoms with Crippen LogP contribution in [-0.4, -0.2) is 31.0 Å². The molecular formula is C15H18F3NO2. The van der Waals surface area contributed by atoms with E-state index in [0.717, 1.165) is 31.5 Å². The highest BCUT2D eigenvalue weighted by molar-refractivity contribution is 5.40. The molecule has 0 bridgehead atoms. The molecular weight excluding hydrogens is 283 g/mol. The minimum Gasteiger partial charge on any atom is -0.458 e. The van der Waals surface area contributed by atoms with Gasteiger partial charge in [0.1, 0.15) is 6.10 Å². The van der Waals surface area contributed by atoms with Crippen molar-refractivity contribution in [2.24, 2.45) is 0 Å². The molecule has 1 aromatic rings. The summed E-state index contributed by atoms with van der Waals surface area (Å²) in [6.45, 7) is 2.77. The van der Waals surface area contributed by atoms with Gasteiger partial charge in [-0.1, -0.05) is 11.6 Å². The van der Waals surface area contributed by atoms with Gasteiger partial charge in [-0.15, -0.1) is 0 Å². The third-order valence-electron chi connectivity index (χ3n) is 3.88. The molecule has 1 aliphatic rings. The summed E-state index contributed by atoms with van der Waals surface area (Å²) in [7, 11) is 1.89. The van der Waals surface area contributed by atoms with Crippen molar-refractivity contribution < 1.29 is 22.7 Å². The molecule has 0 aromatic heterocycles. The summed E-state index contributed by atoms with van der Waals surface area (Å²) >= 11 is 0. The maximum absolute atomic E-state index is 12.9. The van der Waals surface area contributed by atoms with Gasteiger partial charge >= 0.3 is 6.18 Å². The van der Waals surface area contributed by atoms with Gasteiger partial charge in [0.05, 0.1) is 11.6 Å². The van der Waals surface area contributed by atoms with Gasteiger partial charge in [0, 0.05) is 0 Å². The van der Waals surface area contributed by atoms with Gasteiger partial charge in [-0.05, 0) is 51.1 Å². The number of hydrogen-bond acceptors (Lipinski definition) is 3. The van der Waals surface area contributed by atoms with Gasteiger partial charge in [0.25, 0.3) is 6.47 Å². The van der Waals surface area contributed by atoms with Gasteiger partial charge in [-0.3, -0.25) is 9.69 Å². The Balaban J connectivity index is 2.40. The number of benzene rings is 1. The molecule has 2 atom stereocenters. The van der Waals surface area contributed by atoms with E-state index in [-0.39, 0.29) is 6.04 Å². The molecule has 0 N–H and O–H groups in total. The number of carbonyl (C=O) groups is 1. The number of aryl methyl sites for hydroxylation is 1. The number of carbonyl (C=O) groups excluding carboxylic acids is 1. The average Bonchev–Trinajstić information content (AvgIpc) is 2.80. The van der Waals surface area contributed by atoms with Gasteiger partial charge in [-0.2, -0.15) is 13.2 Å². The lowest BCUT2D eigenvalue weighted by atomic mass is 9.96. The zero-order chi connectivity index (χ0) is 15.6. The topological polar surface area (TPSA) is 29.5 Å². The minimum absolute atomic E-state index is 0.0851. The number of ether oxygens (including phenoxy) is 1. The Morgan fingerprint density at radius 2 is 2.10 bits per heavy atom. The minimum atomic E-state index is -4.41. The quantitative estimate of drug-likeness (QED) is 0.799. The first-order valence-corrected chi connectivity index (χ1v) is 6.81. The summed E-state index contributed by atoms with van der Waals surface area (Å²) < 4.78 is 43.9.